The lowest BCUT2D eigenvalue weighted by atomic mass is 10.1. The SMILES string of the molecule is CC/C=C\C/C=C\C/C=C\C/C=C\C/C=C\CCCCCCCCCCCC(=O)OCC(COC(=O)CCCCCCC/C=C\CCCC)OC(=O)CCCCCCCCCCC/C=C\CCCCCCCCCC. The second-order valence-electron chi connectivity index (χ2n) is 21.3. The van der Waals surface area contributed by atoms with Crippen LogP contribution in [-0.2, 0) is 28.6 Å². The lowest BCUT2D eigenvalue weighted by Gasteiger charge is -2.18. The molecule has 0 saturated carbocycles. The van der Waals surface area contributed by atoms with E-state index in [1.165, 1.54) is 173 Å². The van der Waals surface area contributed by atoms with E-state index in [4.69, 9.17) is 14.2 Å². The van der Waals surface area contributed by atoms with Gasteiger partial charge in [-0.3, -0.25) is 14.4 Å². The topological polar surface area (TPSA) is 78.9 Å². The Bertz CT molecular complexity index is 1430. The van der Waals surface area contributed by atoms with Crippen LogP contribution < -0.4 is 0 Å². The van der Waals surface area contributed by atoms with Gasteiger partial charge < -0.3 is 14.2 Å². The zero-order chi connectivity index (χ0) is 54.3. The standard InChI is InChI=1S/C69H120O6/c1-4-7-10-13-16-19-22-24-26-28-30-32-33-34-35-37-38-40-42-44-47-50-53-56-59-62-68(71)74-65-66(64-73-67(70)61-58-55-52-49-46-21-18-15-12-9-6-3)75-69(72)63-60-57-54-51-48-45-43-41-39-36-31-29-27-25-23-20-17-14-11-8-5-2/h7,10,15-16,18-19,24,26,29-32,34-35,66H,4-6,8-9,11-14,17,20-23,25,27-28,33,36-65H2,1-3H3/b10-7-,18-15-,19-16-,26-24-,31-29-,32-30-,35-34-. The van der Waals surface area contributed by atoms with Gasteiger partial charge in [0.05, 0.1) is 0 Å². The van der Waals surface area contributed by atoms with E-state index >= 15 is 0 Å². The third-order valence-electron chi connectivity index (χ3n) is 13.9. The molecule has 0 radical (unpaired) electrons. The van der Waals surface area contributed by atoms with E-state index in [9.17, 15) is 14.4 Å². The first-order chi connectivity index (χ1) is 37.0. The van der Waals surface area contributed by atoms with Gasteiger partial charge in [0.1, 0.15) is 13.2 Å². The highest BCUT2D eigenvalue weighted by atomic mass is 16.6. The summed E-state index contributed by atoms with van der Waals surface area (Å²) in [6.07, 6.45) is 83.1. The minimum Gasteiger partial charge on any atom is -0.462 e. The minimum absolute atomic E-state index is 0.0819. The maximum atomic E-state index is 12.9. The van der Waals surface area contributed by atoms with Crippen molar-refractivity contribution in [2.24, 2.45) is 0 Å². The largest absolute Gasteiger partial charge is 0.462 e. The number of hydrogen-bond donors (Lipinski definition) is 0. The number of esters is 3. The molecule has 0 aliphatic rings. The Kier molecular flexibility index (Phi) is 60.3. The average Bonchev–Trinajstić information content (AvgIpc) is 3.41. The molecule has 0 aliphatic heterocycles. The molecule has 0 fully saturated rings. The minimum atomic E-state index is -0.784. The highest BCUT2D eigenvalue weighted by Crippen LogP contribution is 2.16. The van der Waals surface area contributed by atoms with Crippen molar-refractivity contribution in [2.45, 2.75) is 322 Å². The molecule has 0 N–H and O–H groups in total. The molecule has 1 atom stereocenters. The maximum absolute atomic E-state index is 12.9. The third kappa shape index (κ3) is 61.3. The Hall–Kier alpha value is -3.41. The van der Waals surface area contributed by atoms with Crippen molar-refractivity contribution in [1.82, 2.24) is 0 Å². The Morgan fingerprint density at radius 1 is 0.280 bits per heavy atom. The molecule has 6 heteroatoms. The molecule has 0 aromatic carbocycles. The Labute approximate surface area is 465 Å². The van der Waals surface area contributed by atoms with Crippen LogP contribution in [0.2, 0.25) is 0 Å². The summed E-state index contributed by atoms with van der Waals surface area (Å²) in [5.74, 6) is -0.888. The molecule has 6 nitrogen and oxygen atoms in total. The number of ether oxygens (including phenoxy) is 3. The van der Waals surface area contributed by atoms with E-state index in [0.29, 0.717) is 19.3 Å². The first kappa shape index (κ1) is 71.6. The molecular weight excluding hydrogens is 925 g/mol. The summed E-state index contributed by atoms with van der Waals surface area (Å²) in [6, 6.07) is 0. The van der Waals surface area contributed by atoms with Crippen molar-refractivity contribution in [3.8, 4) is 0 Å². The van der Waals surface area contributed by atoms with Gasteiger partial charge in [-0.2, -0.15) is 0 Å². The van der Waals surface area contributed by atoms with Crippen LogP contribution in [-0.4, -0.2) is 37.2 Å². The van der Waals surface area contributed by atoms with Gasteiger partial charge in [0.25, 0.3) is 0 Å². The number of allylic oxidation sites excluding steroid dienone is 14. The van der Waals surface area contributed by atoms with Crippen LogP contribution in [0.1, 0.15) is 316 Å². The molecule has 0 heterocycles. The molecule has 0 aromatic rings. The molecule has 432 valence electrons. The molecule has 0 rings (SSSR count). The fraction of sp³-hybridized carbons (Fsp3) is 0.754. The molecule has 1 unspecified atom stereocenters. The highest BCUT2D eigenvalue weighted by Gasteiger charge is 2.19. The molecule has 0 aliphatic carbocycles. The van der Waals surface area contributed by atoms with Crippen LogP contribution in [0.5, 0.6) is 0 Å². The molecule has 0 spiro atoms. The number of hydrogen-bond acceptors (Lipinski definition) is 6. The summed E-state index contributed by atoms with van der Waals surface area (Å²) in [6.45, 7) is 6.50. The van der Waals surface area contributed by atoms with Gasteiger partial charge in [0.15, 0.2) is 6.10 Å². The van der Waals surface area contributed by atoms with Crippen LogP contribution >= 0.6 is 0 Å². The van der Waals surface area contributed by atoms with Crippen LogP contribution in [0, 0.1) is 0 Å². The smallest absolute Gasteiger partial charge is 0.306 e. The van der Waals surface area contributed by atoms with Gasteiger partial charge in [-0.05, 0) is 109 Å². The molecule has 0 aromatic heterocycles. The van der Waals surface area contributed by atoms with Gasteiger partial charge in [-0.25, -0.2) is 0 Å². The third-order valence-corrected chi connectivity index (χ3v) is 13.9. The highest BCUT2D eigenvalue weighted by molar-refractivity contribution is 5.71. The van der Waals surface area contributed by atoms with E-state index in [1.54, 1.807) is 0 Å². The van der Waals surface area contributed by atoms with Gasteiger partial charge in [-0.15, -0.1) is 0 Å². The van der Waals surface area contributed by atoms with Gasteiger partial charge in [0.2, 0.25) is 0 Å². The Morgan fingerprint density at radius 3 is 0.867 bits per heavy atom. The van der Waals surface area contributed by atoms with Crippen molar-refractivity contribution < 1.29 is 28.6 Å². The lowest BCUT2D eigenvalue weighted by molar-refractivity contribution is -0.167. The molecule has 0 amide bonds. The maximum Gasteiger partial charge on any atom is 0.306 e. The number of carbonyl (C=O) groups excluding carboxylic acids is 3. The lowest BCUT2D eigenvalue weighted by Crippen LogP contribution is -2.30. The molecule has 0 bridgehead atoms. The number of carbonyl (C=O) groups is 3. The van der Waals surface area contributed by atoms with E-state index < -0.39 is 6.10 Å². The van der Waals surface area contributed by atoms with Crippen molar-refractivity contribution in [3.63, 3.8) is 0 Å². The van der Waals surface area contributed by atoms with Crippen molar-refractivity contribution in [2.75, 3.05) is 13.2 Å². The summed E-state index contributed by atoms with van der Waals surface area (Å²) in [7, 11) is 0. The quantitative estimate of drug-likeness (QED) is 0.0261. The van der Waals surface area contributed by atoms with E-state index in [2.05, 4.69) is 106 Å². The zero-order valence-electron chi connectivity index (χ0n) is 49.6. The Morgan fingerprint density at radius 2 is 0.533 bits per heavy atom. The van der Waals surface area contributed by atoms with Crippen molar-refractivity contribution in [1.29, 1.82) is 0 Å². The normalized spacial score (nSPS) is 12.6. The van der Waals surface area contributed by atoms with Crippen molar-refractivity contribution >= 4 is 17.9 Å². The molecule has 75 heavy (non-hydrogen) atoms. The fourth-order valence-corrected chi connectivity index (χ4v) is 9.03. The zero-order valence-corrected chi connectivity index (χ0v) is 49.6. The fourth-order valence-electron chi connectivity index (χ4n) is 9.03. The van der Waals surface area contributed by atoms with E-state index in [-0.39, 0.29) is 31.1 Å². The number of rotatable bonds is 58. The van der Waals surface area contributed by atoms with Gasteiger partial charge in [0, 0.05) is 19.3 Å². The second kappa shape index (κ2) is 63.1. The molecular formula is C69H120O6. The van der Waals surface area contributed by atoms with Crippen LogP contribution in [0.3, 0.4) is 0 Å². The summed E-state index contributed by atoms with van der Waals surface area (Å²) in [5.41, 5.74) is 0. The number of unbranched alkanes of at least 4 members (excludes halogenated alkanes) is 33. The van der Waals surface area contributed by atoms with Crippen LogP contribution in [0.4, 0.5) is 0 Å². The monoisotopic (exact) mass is 1040 g/mol. The van der Waals surface area contributed by atoms with Crippen molar-refractivity contribution in [3.05, 3.63) is 85.1 Å². The Balaban J connectivity index is 4.29. The van der Waals surface area contributed by atoms with Crippen LogP contribution in [0.15, 0.2) is 85.1 Å². The van der Waals surface area contributed by atoms with Gasteiger partial charge in [-0.1, -0.05) is 273 Å². The summed E-state index contributed by atoms with van der Waals surface area (Å²) >= 11 is 0. The first-order valence-corrected chi connectivity index (χ1v) is 32.1. The van der Waals surface area contributed by atoms with Crippen LogP contribution in [0.25, 0.3) is 0 Å². The summed E-state index contributed by atoms with van der Waals surface area (Å²) < 4.78 is 16.9. The predicted molar refractivity (Wildman–Crippen MR) is 325 cm³/mol. The summed E-state index contributed by atoms with van der Waals surface area (Å²) in [4.78, 5) is 38.3. The van der Waals surface area contributed by atoms with Gasteiger partial charge >= 0.3 is 17.9 Å². The van der Waals surface area contributed by atoms with E-state index in [0.717, 1.165) is 103 Å². The van der Waals surface area contributed by atoms with E-state index in [1.807, 2.05) is 0 Å². The summed E-state index contributed by atoms with van der Waals surface area (Å²) in [5, 5.41) is 0. The average molecular weight is 1050 g/mol. The second-order valence-corrected chi connectivity index (χ2v) is 21.3. The first-order valence-electron chi connectivity index (χ1n) is 32.1. The predicted octanol–water partition coefficient (Wildman–Crippen LogP) is 21.9. The molecule has 0 saturated heterocycles.